The molecule has 3 rings (SSSR count). The summed E-state index contributed by atoms with van der Waals surface area (Å²) in [5, 5.41) is 13.8. The van der Waals surface area contributed by atoms with Gasteiger partial charge in [0.05, 0.1) is 17.1 Å². The number of nitro benzene ring substituents is 1. The van der Waals surface area contributed by atoms with E-state index >= 15 is 0 Å². The first-order valence-corrected chi connectivity index (χ1v) is 6.63. The quantitative estimate of drug-likeness (QED) is 0.449. The molecule has 2 aromatic carbocycles. The van der Waals surface area contributed by atoms with Crippen molar-refractivity contribution in [3.8, 4) is 0 Å². The molecule has 3 aromatic rings. The predicted molar refractivity (Wildman–Crippen MR) is 81.8 cm³/mol. The SMILES string of the molecule is O=[N+]([O-])c1ccc(NCn2c(=S)oc3ccccc32)cc1. The maximum Gasteiger partial charge on any atom is 0.271 e. The number of aromatic nitrogens is 1. The fourth-order valence-electron chi connectivity index (χ4n) is 2.04. The molecule has 0 saturated heterocycles. The minimum atomic E-state index is -0.427. The standard InChI is InChI=1S/C14H11N3O3S/c18-17(19)11-7-5-10(6-8-11)15-9-16-12-3-1-2-4-13(12)20-14(16)21/h1-8,15H,9H2. The third-order valence-electron chi connectivity index (χ3n) is 3.09. The van der Waals surface area contributed by atoms with Crippen molar-refractivity contribution in [3.63, 3.8) is 0 Å². The lowest BCUT2D eigenvalue weighted by molar-refractivity contribution is -0.384. The Balaban J connectivity index is 1.82. The van der Waals surface area contributed by atoms with Gasteiger partial charge in [-0.3, -0.25) is 14.7 Å². The highest BCUT2D eigenvalue weighted by molar-refractivity contribution is 7.71. The summed E-state index contributed by atoms with van der Waals surface area (Å²) in [5.74, 6) is 0. The molecule has 1 N–H and O–H groups in total. The van der Waals surface area contributed by atoms with Gasteiger partial charge in [-0.1, -0.05) is 12.1 Å². The highest BCUT2D eigenvalue weighted by Gasteiger charge is 2.06. The van der Waals surface area contributed by atoms with E-state index < -0.39 is 4.92 Å². The number of nitro groups is 1. The smallest absolute Gasteiger partial charge is 0.271 e. The summed E-state index contributed by atoms with van der Waals surface area (Å²) in [5.41, 5.74) is 2.46. The van der Waals surface area contributed by atoms with Crippen LogP contribution >= 0.6 is 12.2 Å². The van der Waals surface area contributed by atoms with Crippen LogP contribution in [0.2, 0.25) is 0 Å². The van der Waals surface area contributed by atoms with Crippen molar-refractivity contribution in [3.05, 3.63) is 63.5 Å². The van der Waals surface area contributed by atoms with Crippen molar-refractivity contribution in [1.82, 2.24) is 4.57 Å². The van der Waals surface area contributed by atoms with Gasteiger partial charge in [0, 0.05) is 17.8 Å². The first kappa shape index (κ1) is 13.3. The summed E-state index contributed by atoms with van der Waals surface area (Å²) in [6.07, 6.45) is 0. The summed E-state index contributed by atoms with van der Waals surface area (Å²) in [6, 6.07) is 13.8. The summed E-state index contributed by atoms with van der Waals surface area (Å²) in [4.78, 5) is 10.6. The van der Waals surface area contributed by atoms with Crippen LogP contribution < -0.4 is 5.32 Å². The number of nitrogens with one attached hydrogen (secondary N) is 1. The predicted octanol–water partition coefficient (Wildman–Crippen LogP) is 3.94. The van der Waals surface area contributed by atoms with E-state index in [1.165, 1.54) is 12.1 Å². The molecule has 0 aliphatic heterocycles. The number of hydrogen-bond donors (Lipinski definition) is 1. The van der Waals surface area contributed by atoms with Gasteiger partial charge in [-0.05, 0) is 36.5 Å². The molecule has 0 spiro atoms. The molecule has 21 heavy (non-hydrogen) atoms. The summed E-state index contributed by atoms with van der Waals surface area (Å²) in [7, 11) is 0. The molecule has 0 atom stereocenters. The topological polar surface area (TPSA) is 73.2 Å². The fourth-order valence-corrected chi connectivity index (χ4v) is 2.29. The van der Waals surface area contributed by atoms with Gasteiger partial charge in [0.15, 0.2) is 5.58 Å². The van der Waals surface area contributed by atoms with E-state index in [1.54, 1.807) is 12.1 Å². The molecule has 0 fully saturated rings. The minimum absolute atomic E-state index is 0.0610. The summed E-state index contributed by atoms with van der Waals surface area (Å²) < 4.78 is 7.31. The molecule has 6 nitrogen and oxygen atoms in total. The maximum atomic E-state index is 10.6. The van der Waals surface area contributed by atoms with Gasteiger partial charge in [0.1, 0.15) is 0 Å². The van der Waals surface area contributed by atoms with E-state index in [-0.39, 0.29) is 5.69 Å². The molecule has 0 amide bonds. The highest BCUT2D eigenvalue weighted by Crippen LogP contribution is 2.19. The molecular formula is C14H11N3O3S. The van der Waals surface area contributed by atoms with Gasteiger partial charge >= 0.3 is 0 Å². The molecule has 0 aliphatic carbocycles. The third-order valence-corrected chi connectivity index (χ3v) is 3.40. The Kier molecular flexibility index (Phi) is 3.41. The average Bonchev–Trinajstić information content (AvgIpc) is 2.81. The first-order chi connectivity index (χ1) is 10.1. The molecular weight excluding hydrogens is 290 g/mol. The second-order valence-electron chi connectivity index (χ2n) is 4.40. The Hall–Kier alpha value is -2.67. The summed E-state index contributed by atoms with van der Waals surface area (Å²) in [6.45, 7) is 0.424. The zero-order chi connectivity index (χ0) is 14.8. The van der Waals surface area contributed by atoms with Gasteiger partial charge in [0.2, 0.25) is 0 Å². The Bertz CT molecular complexity index is 852. The van der Waals surface area contributed by atoms with Crippen LogP contribution in [0.3, 0.4) is 0 Å². The van der Waals surface area contributed by atoms with E-state index in [2.05, 4.69) is 5.32 Å². The number of non-ortho nitro benzene ring substituents is 1. The van der Waals surface area contributed by atoms with Crippen molar-refractivity contribution >= 4 is 34.7 Å². The minimum Gasteiger partial charge on any atom is -0.429 e. The largest absolute Gasteiger partial charge is 0.429 e. The highest BCUT2D eigenvalue weighted by atomic mass is 32.1. The molecule has 0 saturated carbocycles. The van der Waals surface area contributed by atoms with E-state index in [0.717, 1.165) is 16.8 Å². The zero-order valence-corrected chi connectivity index (χ0v) is 11.7. The van der Waals surface area contributed by atoms with Crippen molar-refractivity contribution in [1.29, 1.82) is 0 Å². The molecule has 1 heterocycles. The number of fused-ring (bicyclic) bond motifs is 1. The Morgan fingerprint density at radius 2 is 1.90 bits per heavy atom. The maximum absolute atomic E-state index is 10.6. The van der Waals surface area contributed by atoms with Crippen molar-refractivity contribution in [2.45, 2.75) is 6.67 Å². The van der Waals surface area contributed by atoms with Crippen LogP contribution in [0.15, 0.2) is 52.9 Å². The number of benzene rings is 2. The van der Waals surface area contributed by atoms with Gasteiger partial charge in [0.25, 0.3) is 10.5 Å². The van der Waals surface area contributed by atoms with E-state index in [4.69, 9.17) is 16.6 Å². The van der Waals surface area contributed by atoms with Crippen LogP contribution in [-0.2, 0) is 6.67 Å². The lowest BCUT2D eigenvalue weighted by atomic mass is 10.3. The van der Waals surface area contributed by atoms with Crippen LogP contribution in [0.25, 0.3) is 11.1 Å². The van der Waals surface area contributed by atoms with E-state index in [1.807, 2.05) is 28.8 Å². The molecule has 106 valence electrons. The summed E-state index contributed by atoms with van der Waals surface area (Å²) >= 11 is 5.19. The molecule has 1 aromatic heterocycles. The first-order valence-electron chi connectivity index (χ1n) is 6.22. The third kappa shape index (κ3) is 2.63. The van der Waals surface area contributed by atoms with E-state index in [9.17, 15) is 10.1 Å². The van der Waals surface area contributed by atoms with Crippen LogP contribution in [0.1, 0.15) is 0 Å². The van der Waals surface area contributed by atoms with Crippen LogP contribution in [0.4, 0.5) is 11.4 Å². The van der Waals surface area contributed by atoms with Crippen molar-refractivity contribution < 1.29 is 9.34 Å². The number of rotatable bonds is 4. The molecule has 0 unspecified atom stereocenters. The normalized spacial score (nSPS) is 10.7. The second-order valence-corrected chi connectivity index (χ2v) is 4.75. The number of para-hydroxylation sites is 2. The van der Waals surface area contributed by atoms with Gasteiger partial charge in [-0.2, -0.15) is 0 Å². The average molecular weight is 301 g/mol. The van der Waals surface area contributed by atoms with Crippen LogP contribution in [0.5, 0.6) is 0 Å². The fraction of sp³-hybridized carbons (Fsp3) is 0.0714. The van der Waals surface area contributed by atoms with E-state index in [0.29, 0.717) is 11.5 Å². The van der Waals surface area contributed by atoms with Gasteiger partial charge in [-0.25, -0.2) is 0 Å². The van der Waals surface area contributed by atoms with Gasteiger partial charge in [-0.15, -0.1) is 0 Å². The zero-order valence-electron chi connectivity index (χ0n) is 10.9. The monoisotopic (exact) mass is 301 g/mol. The number of anilines is 1. The molecule has 0 bridgehead atoms. The Morgan fingerprint density at radius 3 is 2.62 bits per heavy atom. The molecule has 7 heteroatoms. The Morgan fingerprint density at radius 1 is 1.19 bits per heavy atom. The van der Waals surface area contributed by atoms with Crippen LogP contribution in [-0.4, -0.2) is 9.49 Å². The Labute approximate surface area is 124 Å². The van der Waals surface area contributed by atoms with Crippen molar-refractivity contribution in [2.24, 2.45) is 0 Å². The molecule has 0 radical (unpaired) electrons. The van der Waals surface area contributed by atoms with Crippen molar-refractivity contribution in [2.75, 3.05) is 5.32 Å². The van der Waals surface area contributed by atoms with Crippen LogP contribution in [0, 0.1) is 15.0 Å². The molecule has 0 aliphatic rings. The van der Waals surface area contributed by atoms with Gasteiger partial charge < -0.3 is 9.73 Å². The number of hydrogen-bond acceptors (Lipinski definition) is 5. The second kappa shape index (κ2) is 5.37. The lowest BCUT2D eigenvalue weighted by Gasteiger charge is -2.07. The lowest BCUT2D eigenvalue weighted by Crippen LogP contribution is -2.07. The number of nitrogens with zero attached hydrogens (tertiary/aromatic N) is 2. The number of oxazole rings is 1.